The van der Waals surface area contributed by atoms with Gasteiger partial charge in [-0.05, 0) is 28.7 Å². The maximum absolute atomic E-state index is 12.1. The molecule has 0 radical (unpaired) electrons. The first-order chi connectivity index (χ1) is 11.1. The van der Waals surface area contributed by atoms with Crippen LogP contribution < -0.4 is 14.8 Å². The minimum absolute atomic E-state index is 0.0364. The number of carbonyl (C=O) groups excluding carboxylic acids is 1. The Balaban J connectivity index is 1.76. The van der Waals surface area contributed by atoms with Gasteiger partial charge in [0.15, 0.2) is 11.5 Å². The summed E-state index contributed by atoms with van der Waals surface area (Å²) in [7, 11) is 0. The van der Waals surface area contributed by atoms with Gasteiger partial charge >= 0.3 is 0 Å². The molecule has 1 atom stereocenters. The minimum atomic E-state index is 0.0364. The van der Waals surface area contributed by atoms with Gasteiger partial charge in [0.25, 0.3) is 0 Å². The molecule has 2 aromatic rings. The number of ether oxygens (including phenoxy) is 2. The number of anilines is 1. The zero-order valence-electron chi connectivity index (χ0n) is 13.3. The maximum Gasteiger partial charge on any atom is 0.231 e. The highest BCUT2D eigenvalue weighted by atomic mass is 16.7. The van der Waals surface area contributed by atoms with Crippen LogP contribution in [0.5, 0.6) is 11.5 Å². The summed E-state index contributed by atoms with van der Waals surface area (Å²) in [6.07, 6.45) is 0.452. The first-order valence-corrected chi connectivity index (χ1v) is 7.95. The van der Waals surface area contributed by atoms with Crippen LogP contribution in [0.25, 0.3) is 0 Å². The molecule has 0 unspecified atom stereocenters. The first-order valence-electron chi connectivity index (χ1n) is 7.95. The molecule has 2 aliphatic heterocycles. The fourth-order valence-electron chi connectivity index (χ4n) is 3.26. The Labute approximate surface area is 135 Å². The van der Waals surface area contributed by atoms with Gasteiger partial charge in [0.05, 0.1) is 0 Å². The van der Waals surface area contributed by atoms with E-state index in [1.165, 1.54) is 5.56 Å². The van der Waals surface area contributed by atoms with Crippen LogP contribution in [-0.4, -0.2) is 12.7 Å². The van der Waals surface area contributed by atoms with E-state index in [2.05, 4.69) is 43.4 Å². The van der Waals surface area contributed by atoms with Gasteiger partial charge < -0.3 is 14.8 Å². The quantitative estimate of drug-likeness (QED) is 0.911. The Hall–Kier alpha value is -2.49. The second-order valence-electron chi connectivity index (χ2n) is 6.42. The molecule has 0 saturated carbocycles. The van der Waals surface area contributed by atoms with E-state index in [9.17, 15) is 4.79 Å². The summed E-state index contributed by atoms with van der Waals surface area (Å²) < 4.78 is 10.9. The molecule has 4 nitrogen and oxygen atoms in total. The summed E-state index contributed by atoms with van der Waals surface area (Å²) in [5.41, 5.74) is 4.37. The summed E-state index contributed by atoms with van der Waals surface area (Å²) in [4.78, 5) is 12.1. The number of rotatable bonds is 2. The standard InChI is InChI=1S/C19H19NO3/c1-11(2)12-3-5-13(6-4-12)14-8-19(21)20-16-9-18-17(7-15(14)16)22-10-23-18/h3-7,9,11,14H,8,10H2,1-2H3,(H,20,21)/t14-/m0/s1. The Morgan fingerprint density at radius 1 is 1.09 bits per heavy atom. The molecule has 23 heavy (non-hydrogen) atoms. The van der Waals surface area contributed by atoms with Crippen molar-refractivity contribution < 1.29 is 14.3 Å². The predicted molar refractivity (Wildman–Crippen MR) is 88.2 cm³/mol. The van der Waals surface area contributed by atoms with Crippen LogP contribution in [0.1, 0.15) is 48.8 Å². The number of benzene rings is 2. The number of nitrogens with one attached hydrogen (secondary N) is 1. The van der Waals surface area contributed by atoms with E-state index in [-0.39, 0.29) is 18.6 Å². The molecular weight excluding hydrogens is 290 g/mol. The van der Waals surface area contributed by atoms with Crippen molar-refractivity contribution >= 4 is 11.6 Å². The van der Waals surface area contributed by atoms with Crippen molar-refractivity contribution in [2.45, 2.75) is 32.1 Å². The molecule has 4 rings (SSSR count). The van der Waals surface area contributed by atoms with E-state index in [1.807, 2.05) is 12.1 Å². The molecule has 4 heteroatoms. The molecule has 2 aromatic carbocycles. The summed E-state index contributed by atoms with van der Waals surface area (Å²) >= 11 is 0. The summed E-state index contributed by atoms with van der Waals surface area (Å²) in [6, 6.07) is 12.4. The zero-order chi connectivity index (χ0) is 16.0. The Bertz CT molecular complexity index is 765. The zero-order valence-corrected chi connectivity index (χ0v) is 13.3. The van der Waals surface area contributed by atoms with Crippen molar-refractivity contribution in [2.24, 2.45) is 0 Å². The van der Waals surface area contributed by atoms with Crippen molar-refractivity contribution in [1.29, 1.82) is 0 Å². The van der Waals surface area contributed by atoms with E-state index >= 15 is 0 Å². The second kappa shape index (κ2) is 5.30. The van der Waals surface area contributed by atoms with Crippen molar-refractivity contribution in [2.75, 3.05) is 12.1 Å². The maximum atomic E-state index is 12.1. The summed E-state index contributed by atoms with van der Waals surface area (Å²) in [5.74, 6) is 2.03. The third-order valence-corrected chi connectivity index (χ3v) is 4.59. The largest absolute Gasteiger partial charge is 0.454 e. The number of carbonyl (C=O) groups is 1. The van der Waals surface area contributed by atoms with E-state index in [4.69, 9.17) is 9.47 Å². The van der Waals surface area contributed by atoms with E-state index in [0.717, 1.165) is 22.6 Å². The van der Waals surface area contributed by atoms with Gasteiger partial charge in [-0.25, -0.2) is 0 Å². The fourth-order valence-corrected chi connectivity index (χ4v) is 3.26. The molecule has 1 N–H and O–H groups in total. The molecule has 0 aromatic heterocycles. The number of fused-ring (bicyclic) bond motifs is 2. The molecule has 0 spiro atoms. The molecule has 2 aliphatic rings. The fraction of sp³-hybridized carbons (Fsp3) is 0.316. The Morgan fingerprint density at radius 3 is 2.48 bits per heavy atom. The third-order valence-electron chi connectivity index (χ3n) is 4.59. The lowest BCUT2D eigenvalue weighted by atomic mass is 9.84. The highest BCUT2D eigenvalue weighted by Crippen LogP contribution is 2.44. The molecule has 1 amide bonds. The monoisotopic (exact) mass is 309 g/mol. The predicted octanol–water partition coefficient (Wildman–Crippen LogP) is 4.01. The first kappa shape index (κ1) is 14.1. The van der Waals surface area contributed by atoms with Crippen LogP contribution in [0.15, 0.2) is 36.4 Å². The van der Waals surface area contributed by atoms with Crippen molar-refractivity contribution in [3.05, 3.63) is 53.1 Å². The Morgan fingerprint density at radius 2 is 1.78 bits per heavy atom. The highest BCUT2D eigenvalue weighted by Gasteiger charge is 2.29. The van der Waals surface area contributed by atoms with Crippen molar-refractivity contribution in [1.82, 2.24) is 0 Å². The average Bonchev–Trinajstić information content (AvgIpc) is 2.99. The van der Waals surface area contributed by atoms with Gasteiger partial charge in [0, 0.05) is 24.1 Å². The van der Waals surface area contributed by atoms with Crippen LogP contribution in [0.2, 0.25) is 0 Å². The SMILES string of the molecule is CC(C)c1ccc([C@@H]2CC(=O)Nc3cc4c(cc32)OCO4)cc1. The molecule has 0 aliphatic carbocycles. The van der Waals surface area contributed by atoms with Crippen molar-refractivity contribution in [3.8, 4) is 11.5 Å². The van der Waals surface area contributed by atoms with Gasteiger partial charge in [-0.1, -0.05) is 38.1 Å². The summed E-state index contributed by atoms with van der Waals surface area (Å²) in [6.45, 7) is 4.60. The topological polar surface area (TPSA) is 47.6 Å². The summed E-state index contributed by atoms with van der Waals surface area (Å²) in [5, 5.41) is 2.94. The van der Waals surface area contributed by atoms with Gasteiger partial charge in [-0.2, -0.15) is 0 Å². The van der Waals surface area contributed by atoms with Gasteiger partial charge in [-0.15, -0.1) is 0 Å². The number of hydrogen-bond donors (Lipinski definition) is 1. The van der Waals surface area contributed by atoms with Crippen LogP contribution in [0, 0.1) is 0 Å². The molecular formula is C19H19NO3. The third kappa shape index (κ3) is 2.44. The lowest BCUT2D eigenvalue weighted by molar-refractivity contribution is -0.116. The van der Waals surface area contributed by atoms with Crippen LogP contribution >= 0.6 is 0 Å². The number of amides is 1. The number of hydrogen-bond acceptors (Lipinski definition) is 3. The van der Waals surface area contributed by atoms with E-state index in [0.29, 0.717) is 18.1 Å². The molecule has 0 saturated heterocycles. The van der Waals surface area contributed by atoms with Crippen LogP contribution in [0.3, 0.4) is 0 Å². The minimum Gasteiger partial charge on any atom is -0.454 e. The average molecular weight is 309 g/mol. The lowest BCUT2D eigenvalue weighted by Gasteiger charge is -2.26. The van der Waals surface area contributed by atoms with Gasteiger partial charge in [-0.3, -0.25) is 4.79 Å². The highest BCUT2D eigenvalue weighted by molar-refractivity contribution is 5.96. The van der Waals surface area contributed by atoms with Gasteiger partial charge in [0.1, 0.15) is 0 Å². The van der Waals surface area contributed by atoms with Crippen LogP contribution in [0.4, 0.5) is 5.69 Å². The second-order valence-corrected chi connectivity index (χ2v) is 6.42. The van der Waals surface area contributed by atoms with Crippen LogP contribution in [-0.2, 0) is 4.79 Å². The molecule has 2 heterocycles. The molecule has 118 valence electrons. The smallest absolute Gasteiger partial charge is 0.231 e. The van der Waals surface area contributed by atoms with Gasteiger partial charge in [0.2, 0.25) is 12.7 Å². The molecule has 0 fully saturated rings. The normalized spacial score (nSPS) is 18.7. The van der Waals surface area contributed by atoms with E-state index < -0.39 is 0 Å². The molecule has 0 bridgehead atoms. The Kier molecular flexibility index (Phi) is 3.26. The van der Waals surface area contributed by atoms with E-state index in [1.54, 1.807) is 0 Å². The lowest BCUT2D eigenvalue weighted by Crippen LogP contribution is -2.23. The van der Waals surface area contributed by atoms with Crippen molar-refractivity contribution in [3.63, 3.8) is 0 Å².